The molecular weight excluding hydrogens is 206 g/mol. The van der Waals surface area contributed by atoms with E-state index in [1.807, 2.05) is 0 Å². The van der Waals surface area contributed by atoms with Gasteiger partial charge in [0.1, 0.15) is 0 Å². The third-order valence-corrected chi connectivity index (χ3v) is 0. The molecule has 5 heteroatoms. The van der Waals surface area contributed by atoms with Gasteiger partial charge in [-0.25, -0.2) is 0 Å². The van der Waals surface area contributed by atoms with Crippen molar-refractivity contribution in [1.82, 2.24) is 0 Å². The van der Waals surface area contributed by atoms with Crippen LogP contribution in [0.2, 0.25) is 0 Å². The summed E-state index contributed by atoms with van der Waals surface area (Å²) in [6.45, 7) is 0. The van der Waals surface area contributed by atoms with Gasteiger partial charge >= 0.3 is 33.2 Å². The van der Waals surface area contributed by atoms with Crippen LogP contribution in [0.5, 0.6) is 0 Å². The maximum absolute atomic E-state index is 4.73. The molecule has 0 saturated heterocycles. The molecule has 0 aromatic heterocycles. The molecule has 0 rings (SSSR count). The Balaban J connectivity index is -0.0000000600. The zero-order valence-electron chi connectivity index (χ0n) is 5.98. The van der Waals surface area contributed by atoms with Crippen LogP contribution in [0.25, 0.3) is 10.6 Å². The van der Waals surface area contributed by atoms with Crippen LogP contribution in [0, 0.1) is 0 Å². The number of nitrogens with zero attached hydrogens (tertiary/aromatic N) is 2. The molecule has 0 saturated carbocycles. The maximum atomic E-state index is 4.73. The Kier molecular flexibility index (Phi) is 66.1. The summed E-state index contributed by atoms with van der Waals surface area (Å²) in [6.07, 6.45) is 0. The molecule has 0 spiro atoms. The molecule has 0 radical (unpaired) electrons. The normalized spacial score (nSPS) is 6.44. The van der Waals surface area contributed by atoms with Crippen molar-refractivity contribution in [3.05, 3.63) is 10.6 Å². The summed E-state index contributed by atoms with van der Waals surface area (Å²) in [4.78, 5) is 0. The Hall–Kier alpha value is 1.01. The van der Waals surface area contributed by atoms with E-state index in [1.165, 1.54) is 0 Å². The van der Waals surface area contributed by atoms with E-state index in [2.05, 4.69) is 10.6 Å². The number of halogens is 2. The van der Waals surface area contributed by atoms with Crippen LogP contribution in [-0.4, -0.2) is 28.2 Å². The third-order valence-electron chi connectivity index (χ3n) is 0. The van der Waals surface area contributed by atoms with Crippen LogP contribution in [0.15, 0.2) is 0 Å². The van der Waals surface area contributed by atoms with Crippen molar-refractivity contribution in [1.29, 1.82) is 0 Å². The molecule has 0 bridgehead atoms. The minimum atomic E-state index is 0.382. The summed E-state index contributed by atoms with van der Waals surface area (Å²) in [6, 6.07) is 0. The van der Waals surface area contributed by atoms with Gasteiger partial charge in [-0.15, -0.1) is 0 Å². The molecule has 0 aliphatic carbocycles. The summed E-state index contributed by atoms with van der Waals surface area (Å²) < 4.78 is 0. The zero-order chi connectivity index (χ0) is 8.12. The van der Waals surface area contributed by atoms with Gasteiger partial charge in [0.25, 0.3) is 0 Å². The van der Waals surface area contributed by atoms with Crippen LogP contribution < -0.4 is 0 Å². The summed E-state index contributed by atoms with van der Waals surface area (Å²) in [5.74, 6) is 0. The second-order valence-corrected chi connectivity index (χ2v) is 2.66. The third kappa shape index (κ3) is 436. The molecule has 0 amide bonds. The predicted octanol–water partition coefficient (Wildman–Crippen LogP) is 2.62. The first-order valence-corrected chi connectivity index (χ1v) is 4.91. The molecule has 0 aromatic carbocycles. The monoisotopic (exact) mass is 217 g/mol. The summed E-state index contributed by atoms with van der Waals surface area (Å²) in [5.41, 5.74) is 0. The fourth-order valence-corrected chi connectivity index (χ4v) is 0. The van der Waals surface area contributed by atoms with Crippen molar-refractivity contribution in [2.24, 2.45) is 0 Å². The first-order chi connectivity index (χ1) is 4.24. The van der Waals surface area contributed by atoms with Crippen LogP contribution in [0.3, 0.4) is 0 Å². The molecule has 0 atom stereocenters. The molecule has 63 valence electrons. The van der Waals surface area contributed by atoms with E-state index in [1.54, 1.807) is 28.2 Å². The van der Waals surface area contributed by atoms with Crippen molar-refractivity contribution in [2.75, 3.05) is 28.2 Å². The molecule has 0 fully saturated rings. The standard InChI is InChI=1S/2C2H6N.2ClH.Co/c2*1-3-2;;;/h2*1-2H3;2*1H;/q2*-1;;;+2/p-2. The van der Waals surface area contributed by atoms with E-state index in [-0.39, 0.29) is 0 Å². The molecule has 9 heavy (non-hydrogen) atoms. The average molecular weight is 218 g/mol. The predicted molar refractivity (Wildman–Crippen MR) is 42.1 cm³/mol. The van der Waals surface area contributed by atoms with Crippen molar-refractivity contribution in [3.63, 3.8) is 0 Å². The van der Waals surface area contributed by atoms with Gasteiger partial charge in [-0.2, -0.15) is 28.2 Å². The second-order valence-electron chi connectivity index (χ2n) is 0.942. The van der Waals surface area contributed by atoms with Crippen molar-refractivity contribution in [2.45, 2.75) is 0 Å². The Bertz CT molecular complexity index is 21.3. The first kappa shape index (κ1) is 16.5. The van der Waals surface area contributed by atoms with Gasteiger partial charge in [0, 0.05) is 0 Å². The Morgan fingerprint density at radius 2 is 0.889 bits per heavy atom. The van der Waals surface area contributed by atoms with E-state index in [9.17, 15) is 0 Å². The van der Waals surface area contributed by atoms with Gasteiger partial charge in [0.2, 0.25) is 0 Å². The average Bonchev–Trinajstić information content (AvgIpc) is 1.70. The number of hydrogen-bond donors (Lipinski definition) is 0. The molecule has 0 heterocycles. The summed E-state index contributed by atoms with van der Waals surface area (Å²) in [7, 11) is 16.5. The van der Waals surface area contributed by atoms with E-state index < -0.39 is 0 Å². The number of hydrogen-bond acceptors (Lipinski definition) is 0. The van der Waals surface area contributed by atoms with Crippen LogP contribution in [-0.2, 0) is 12.9 Å². The minimum absolute atomic E-state index is 0.382. The molecule has 0 N–H and O–H groups in total. The van der Waals surface area contributed by atoms with Crippen LogP contribution in [0.1, 0.15) is 0 Å². The summed E-state index contributed by atoms with van der Waals surface area (Å²) in [5, 5.41) is 7.00. The van der Waals surface area contributed by atoms with Crippen molar-refractivity contribution in [3.8, 4) is 0 Å². The van der Waals surface area contributed by atoms with E-state index >= 15 is 0 Å². The molecule has 2 nitrogen and oxygen atoms in total. The van der Waals surface area contributed by atoms with Crippen LogP contribution in [0.4, 0.5) is 0 Å². The molecule has 0 aliphatic rings. The van der Waals surface area contributed by atoms with Gasteiger partial charge in [0.15, 0.2) is 0 Å². The fourth-order valence-electron chi connectivity index (χ4n) is 0. The topological polar surface area (TPSA) is 28.2 Å². The Morgan fingerprint density at radius 3 is 0.889 bits per heavy atom. The van der Waals surface area contributed by atoms with E-state index in [0.29, 0.717) is 12.9 Å². The Morgan fingerprint density at radius 1 is 0.889 bits per heavy atom. The van der Waals surface area contributed by atoms with E-state index in [4.69, 9.17) is 20.3 Å². The molecule has 0 aromatic rings. The molecule has 0 unspecified atom stereocenters. The molecular formula is C4H12Cl2CoN2-2. The zero-order valence-corrected chi connectivity index (χ0v) is 8.54. The second kappa shape index (κ2) is 36.0. The Labute approximate surface area is 72.2 Å². The summed E-state index contributed by atoms with van der Waals surface area (Å²) >= 11 is 0.382. The molecule has 0 aliphatic heterocycles. The van der Waals surface area contributed by atoms with Gasteiger partial charge in [-0.05, 0) is 0 Å². The first-order valence-electron chi connectivity index (χ1n) is 2.04. The van der Waals surface area contributed by atoms with Gasteiger partial charge in [-0.1, -0.05) is 0 Å². The van der Waals surface area contributed by atoms with Gasteiger partial charge in [0.05, 0.1) is 0 Å². The SMILES string of the molecule is C[N-]C.C[N-]C.[Cl][Co][Cl]. The van der Waals surface area contributed by atoms with Crippen LogP contribution >= 0.6 is 20.3 Å². The van der Waals surface area contributed by atoms with Crippen molar-refractivity contribution >= 4 is 20.3 Å². The quantitative estimate of drug-likeness (QED) is 0.597. The van der Waals surface area contributed by atoms with Crippen molar-refractivity contribution < 1.29 is 12.9 Å². The van der Waals surface area contributed by atoms with Gasteiger partial charge < -0.3 is 10.6 Å². The fraction of sp³-hybridized carbons (Fsp3) is 1.00. The number of rotatable bonds is 0. The van der Waals surface area contributed by atoms with E-state index in [0.717, 1.165) is 0 Å². The van der Waals surface area contributed by atoms with Gasteiger partial charge in [-0.3, -0.25) is 0 Å².